The maximum absolute atomic E-state index is 13.2. The number of halogens is 3. The first-order valence-electron chi connectivity index (χ1n) is 5.64. The summed E-state index contributed by atoms with van der Waals surface area (Å²) in [4.78, 5) is 11.5. The Labute approximate surface area is 103 Å². The molecule has 0 radical (unpaired) electrons. The van der Waals surface area contributed by atoms with Crippen LogP contribution in [-0.2, 0) is 0 Å². The molecule has 1 unspecified atom stereocenters. The summed E-state index contributed by atoms with van der Waals surface area (Å²) < 4.78 is 39.1. The van der Waals surface area contributed by atoms with Gasteiger partial charge in [-0.05, 0) is 12.8 Å². The highest BCUT2D eigenvalue weighted by molar-refractivity contribution is 5.94. The van der Waals surface area contributed by atoms with Crippen molar-refractivity contribution in [2.45, 2.75) is 25.8 Å². The minimum Gasteiger partial charge on any atom is -0.352 e. The average molecular weight is 260 g/mol. The molecule has 0 aliphatic heterocycles. The van der Waals surface area contributed by atoms with Gasteiger partial charge in [0.05, 0.1) is 0 Å². The highest BCUT2D eigenvalue weighted by Gasteiger charge is 2.18. The van der Waals surface area contributed by atoms with Gasteiger partial charge in [0.1, 0.15) is 23.0 Å². The van der Waals surface area contributed by atoms with Crippen molar-refractivity contribution in [2.24, 2.45) is 5.73 Å². The monoisotopic (exact) mass is 260 g/mol. The molecule has 0 spiro atoms. The van der Waals surface area contributed by atoms with Crippen LogP contribution in [0.15, 0.2) is 12.1 Å². The summed E-state index contributed by atoms with van der Waals surface area (Å²) in [6, 6.07) is 0.860. The Morgan fingerprint density at radius 2 is 1.89 bits per heavy atom. The molecule has 1 rings (SSSR count). The first-order valence-corrected chi connectivity index (χ1v) is 5.64. The van der Waals surface area contributed by atoms with Gasteiger partial charge in [-0.3, -0.25) is 4.79 Å². The topological polar surface area (TPSA) is 55.1 Å². The highest BCUT2D eigenvalue weighted by Crippen LogP contribution is 2.14. The summed E-state index contributed by atoms with van der Waals surface area (Å²) >= 11 is 0. The van der Waals surface area contributed by atoms with Crippen molar-refractivity contribution < 1.29 is 18.0 Å². The summed E-state index contributed by atoms with van der Waals surface area (Å²) in [7, 11) is 0. The van der Waals surface area contributed by atoms with Crippen LogP contribution in [0.4, 0.5) is 13.2 Å². The number of amides is 1. The first kappa shape index (κ1) is 14.5. The van der Waals surface area contributed by atoms with Gasteiger partial charge in [-0.15, -0.1) is 0 Å². The first-order chi connectivity index (χ1) is 8.45. The molecule has 0 saturated heterocycles. The number of carbonyl (C=O) groups excluding carboxylic acids is 1. The molecule has 0 fully saturated rings. The predicted molar refractivity (Wildman–Crippen MR) is 61.5 cm³/mol. The van der Waals surface area contributed by atoms with Gasteiger partial charge < -0.3 is 11.1 Å². The van der Waals surface area contributed by atoms with Crippen LogP contribution in [0.3, 0.4) is 0 Å². The van der Waals surface area contributed by atoms with Gasteiger partial charge in [0.15, 0.2) is 0 Å². The van der Waals surface area contributed by atoms with Gasteiger partial charge in [-0.2, -0.15) is 0 Å². The Balaban J connectivity index is 2.67. The third kappa shape index (κ3) is 3.73. The van der Waals surface area contributed by atoms with Crippen LogP contribution in [0.25, 0.3) is 0 Å². The molecule has 100 valence electrons. The Kier molecular flexibility index (Phi) is 5.15. The van der Waals surface area contributed by atoms with Gasteiger partial charge >= 0.3 is 0 Å². The number of carbonyl (C=O) groups is 1. The van der Waals surface area contributed by atoms with E-state index in [1.165, 1.54) is 0 Å². The van der Waals surface area contributed by atoms with Crippen LogP contribution in [0.1, 0.15) is 30.1 Å². The van der Waals surface area contributed by atoms with Gasteiger partial charge in [-0.25, -0.2) is 13.2 Å². The Morgan fingerprint density at radius 1 is 1.33 bits per heavy atom. The molecule has 0 aromatic heterocycles. The third-order valence-corrected chi connectivity index (χ3v) is 2.56. The smallest absolute Gasteiger partial charge is 0.257 e. The molecule has 18 heavy (non-hydrogen) atoms. The van der Waals surface area contributed by atoms with Crippen molar-refractivity contribution in [3.05, 3.63) is 35.1 Å². The van der Waals surface area contributed by atoms with E-state index < -0.39 is 28.9 Å². The van der Waals surface area contributed by atoms with Crippen molar-refractivity contribution in [3.63, 3.8) is 0 Å². The van der Waals surface area contributed by atoms with Crippen molar-refractivity contribution in [1.29, 1.82) is 0 Å². The molecule has 1 amide bonds. The maximum Gasteiger partial charge on any atom is 0.257 e. The van der Waals surface area contributed by atoms with Crippen LogP contribution in [0.5, 0.6) is 0 Å². The van der Waals surface area contributed by atoms with Crippen molar-refractivity contribution in [1.82, 2.24) is 5.32 Å². The van der Waals surface area contributed by atoms with Crippen LogP contribution >= 0.6 is 0 Å². The summed E-state index contributed by atoms with van der Waals surface area (Å²) in [5.41, 5.74) is 4.85. The number of nitrogens with one attached hydrogen (secondary N) is 1. The molecule has 0 aliphatic rings. The van der Waals surface area contributed by atoms with E-state index in [0.717, 1.165) is 6.42 Å². The standard InChI is InChI=1S/C12H15F3N2O/c1-2-8(16)3-4-17-12(18)11-9(14)5-7(13)6-10(11)15/h5-6,8H,2-4,16H2,1H3,(H,17,18). The van der Waals surface area contributed by atoms with Crippen molar-refractivity contribution in [2.75, 3.05) is 6.54 Å². The minimum absolute atomic E-state index is 0.0757. The molecule has 3 N–H and O–H groups in total. The zero-order valence-corrected chi connectivity index (χ0v) is 9.97. The predicted octanol–water partition coefficient (Wildman–Crippen LogP) is 1.96. The van der Waals surface area contributed by atoms with Crippen LogP contribution in [0.2, 0.25) is 0 Å². The van der Waals surface area contributed by atoms with Gasteiger partial charge in [0.2, 0.25) is 0 Å². The number of nitrogens with two attached hydrogens (primary N) is 1. The lowest BCUT2D eigenvalue weighted by molar-refractivity contribution is 0.0944. The van der Waals surface area contributed by atoms with Crippen molar-refractivity contribution in [3.8, 4) is 0 Å². The minimum atomic E-state index is -1.22. The van der Waals surface area contributed by atoms with E-state index in [1.54, 1.807) is 0 Å². The molecular weight excluding hydrogens is 245 g/mol. The second-order valence-electron chi connectivity index (χ2n) is 3.96. The summed E-state index contributed by atoms with van der Waals surface area (Å²) in [6.45, 7) is 2.11. The van der Waals surface area contributed by atoms with E-state index in [9.17, 15) is 18.0 Å². The van der Waals surface area contributed by atoms with Gasteiger partial charge in [-0.1, -0.05) is 6.92 Å². The summed E-state index contributed by atoms with van der Waals surface area (Å²) in [5.74, 6) is -4.41. The quantitative estimate of drug-likeness (QED) is 0.850. The van der Waals surface area contributed by atoms with Gasteiger partial charge in [0, 0.05) is 24.7 Å². The van der Waals surface area contributed by atoms with Gasteiger partial charge in [0.25, 0.3) is 5.91 Å². The summed E-state index contributed by atoms with van der Waals surface area (Å²) in [5, 5.41) is 2.34. The number of rotatable bonds is 5. The highest BCUT2D eigenvalue weighted by atomic mass is 19.1. The van der Waals surface area contributed by atoms with Crippen LogP contribution in [0, 0.1) is 17.5 Å². The number of benzene rings is 1. The molecule has 3 nitrogen and oxygen atoms in total. The molecule has 1 atom stereocenters. The fourth-order valence-corrected chi connectivity index (χ4v) is 1.42. The van der Waals surface area contributed by atoms with Crippen LogP contribution < -0.4 is 11.1 Å². The average Bonchev–Trinajstić information content (AvgIpc) is 2.27. The lowest BCUT2D eigenvalue weighted by Crippen LogP contribution is -2.31. The van der Waals surface area contributed by atoms with E-state index in [1.807, 2.05) is 6.92 Å². The Bertz CT molecular complexity index is 414. The largest absolute Gasteiger partial charge is 0.352 e. The van der Waals surface area contributed by atoms with E-state index in [-0.39, 0.29) is 12.6 Å². The molecule has 0 aliphatic carbocycles. The lowest BCUT2D eigenvalue weighted by Gasteiger charge is -2.10. The van der Waals surface area contributed by atoms with E-state index in [2.05, 4.69) is 5.32 Å². The molecular formula is C12H15F3N2O. The zero-order chi connectivity index (χ0) is 13.7. The fourth-order valence-electron chi connectivity index (χ4n) is 1.42. The fraction of sp³-hybridized carbons (Fsp3) is 0.417. The normalized spacial score (nSPS) is 12.3. The Morgan fingerprint density at radius 3 is 2.39 bits per heavy atom. The summed E-state index contributed by atoms with van der Waals surface area (Å²) in [6.07, 6.45) is 1.25. The molecule has 6 heteroatoms. The third-order valence-electron chi connectivity index (χ3n) is 2.56. The maximum atomic E-state index is 13.2. The molecule has 1 aromatic rings. The lowest BCUT2D eigenvalue weighted by atomic mass is 10.1. The molecule has 0 saturated carbocycles. The van der Waals surface area contributed by atoms with Crippen LogP contribution in [-0.4, -0.2) is 18.5 Å². The second kappa shape index (κ2) is 6.39. The number of hydrogen-bond donors (Lipinski definition) is 2. The molecule has 0 bridgehead atoms. The van der Waals surface area contributed by atoms with Crippen molar-refractivity contribution >= 4 is 5.91 Å². The van der Waals surface area contributed by atoms with E-state index >= 15 is 0 Å². The SMILES string of the molecule is CCC(N)CCNC(=O)c1c(F)cc(F)cc1F. The zero-order valence-electron chi connectivity index (χ0n) is 9.97. The molecule has 1 aromatic carbocycles. The number of hydrogen-bond acceptors (Lipinski definition) is 2. The molecule has 0 heterocycles. The van der Waals surface area contributed by atoms with E-state index in [0.29, 0.717) is 18.6 Å². The Hall–Kier alpha value is -1.56. The van der Waals surface area contributed by atoms with E-state index in [4.69, 9.17) is 5.73 Å². The second-order valence-corrected chi connectivity index (χ2v) is 3.96.